The van der Waals surface area contributed by atoms with E-state index in [9.17, 15) is 4.79 Å². The molecule has 1 heterocycles. The van der Waals surface area contributed by atoms with Gasteiger partial charge in [-0.3, -0.25) is 4.79 Å². The third-order valence-corrected chi connectivity index (χ3v) is 2.15. The number of H-pyrrole nitrogens is 1. The molecular formula is C8H10N2O. The van der Waals surface area contributed by atoms with Gasteiger partial charge in [0.25, 0.3) is 0 Å². The first-order valence-electron chi connectivity index (χ1n) is 3.69. The molecule has 0 amide bonds. The second kappa shape index (κ2) is 1.95. The van der Waals surface area contributed by atoms with E-state index in [0.717, 1.165) is 18.4 Å². The van der Waals surface area contributed by atoms with Crippen molar-refractivity contribution in [1.29, 1.82) is 0 Å². The van der Waals surface area contributed by atoms with Gasteiger partial charge in [-0.15, -0.1) is 0 Å². The van der Waals surface area contributed by atoms with Gasteiger partial charge < -0.3 is 10.7 Å². The van der Waals surface area contributed by atoms with Crippen molar-refractivity contribution in [3.8, 4) is 0 Å². The normalized spacial score (nSPS) is 19.7. The monoisotopic (exact) mass is 150 g/mol. The van der Waals surface area contributed by atoms with Crippen LogP contribution in [0.25, 0.3) is 0 Å². The van der Waals surface area contributed by atoms with Gasteiger partial charge in [-0.25, -0.2) is 0 Å². The van der Waals surface area contributed by atoms with Crippen LogP contribution in [-0.4, -0.2) is 4.98 Å². The van der Waals surface area contributed by atoms with E-state index in [2.05, 4.69) is 4.98 Å². The Morgan fingerprint density at radius 2 is 2.18 bits per heavy atom. The maximum absolute atomic E-state index is 10.7. The van der Waals surface area contributed by atoms with Gasteiger partial charge in [0.05, 0.1) is 0 Å². The zero-order chi connectivity index (χ0) is 7.90. The number of aromatic amines is 1. The molecule has 1 aliphatic carbocycles. The molecule has 3 nitrogen and oxygen atoms in total. The summed E-state index contributed by atoms with van der Waals surface area (Å²) >= 11 is 0. The molecule has 0 saturated heterocycles. The van der Waals surface area contributed by atoms with E-state index >= 15 is 0 Å². The van der Waals surface area contributed by atoms with Gasteiger partial charge in [0, 0.05) is 17.8 Å². The highest BCUT2D eigenvalue weighted by Crippen LogP contribution is 2.41. The Morgan fingerprint density at radius 1 is 1.45 bits per heavy atom. The van der Waals surface area contributed by atoms with Crippen molar-refractivity contribution in [2.45, 2.75) is 18.4 Å². The number of hydrogen-bond donors (Lipinski definition) is 2. The minimum Gasteiger partial charge on any atom is -0.329 e. The molecule has 11 heavy (non-hydrogen) atoms. The number of nitrogens with one attached hydrogen (secondary N) is 1. The van der Waals surface area contributed by atoms with Crippen LogP contribution in [0.3, 0.4) is 0 Å². The molecule has 3 heteroatoms. The van der Waals surface area contributed by atoms with Crippen LogP contribution in [0.5, 0.6) is 0 Å². The van der Waals surface area contributed by atoms with Crippen LogP contribution in [0, 0.1) is 0 Å². The molecule has 1 saturated carbocycles. The van der Waals surface area contributed by atoms with Crippen LogP contribution < -0.4 is 11.3 Å². The summed E-state index contributed by atoms with van der Waals surface area (Å²) in [6.07, 6.45) is 3.76. The van der Waals surface area contributed by atoms with E-state index in [1.165, 1.54) is 6.07 Å². The topological polar surface area (TPSA) is 58.9 Å². The molecule has 0 radical (unpaired) electrons. The van der Waals surface area contributed by atoms with Gasteiger partial charge >= 0.3 is 0 Å². The Hall–Kier alpha value is -1.09. The van der Waals surface area contributed by atoms with Crippen LogP contribution in [0.2, 0.25) is 0 Å². The molecule has 0 bridgehead atoms. The molecule has 2 rings (SSSR count). The highest BCUT2D eigenvalue weighted by Gasteiger charge is 2.39. The SMILES string of the molecule is NC1(c2ccc(=O)[nH]c2)CC1. The minimum absolute atomic E-state index is 0.0713. The zero-order valence-electron chi connectivity index (χ0n) is 6.13. The highest BCUT2D eigenvalue weighted by molar-refractivity contribution is 5.25. The van der Waals surface area contributed by atoms with Crippen molar-refractivity contribution in [1.82, 2.24) is 4.98 Å². The predicted molar refractivity (Wildman–Crippen MR) is 42.2 cm³/mol. The van der Waals surface area contributed by atoms with Crippen LogP contribution in [0.1, 0.15) is 18.4 Å². The van der Waals surface area contributed by atoms with E-state index in [1.807, 2.05) is 0 Å². The van der Waals surface area contributed by atoms with Crippen molar-refractivity contribution in [3.05, 3.63) is 34.2 Å². The zero-order valence-corrected chi connectivity index (χ0v) is 6.13. The molecule has 0 aliphatic heterocycles. The van der Waals surface area contributed by atoms with Crippen LogP contribution >= 0.6 is 0 Å². The second-order valence-electron chi connectivity index (χ2n) is 3.10. The van der Waals surface area contributed by atoms with E-state index in [4.69, 9.17) is 5.73 Å². The molecule has 1 aromatic heterocycles. The van der Waals surface area contributed by atoms with E-state index in [1.54, 1.807) is 12.3 Å². The molecule has 0 spiro atoms. The molecule has 0 aromatic carbocycles. The largest absolute Gasteiger partial charge is 0.329 e. The molecule has 3 N–H and O–H groups in total. The van der Waals surface area contributed by atoms with Crippen LogP contribution in [0.4, 0.5) is 0 Å². The fourth-order valence-corrected chi connectivity index (χ4v) is 1.14. The summed E-state index contributed by atoms with van der Waals surface area (Å²) in [5.74, 6) is 0. The lowest BCUT2D eigenvalue weighted by atomic mass is 10.1. The summed E-state index contributed by atoms with van der Waals surface area (Å²) in [5.41, 5.74) is 6.73. The number of rotatable bonds is 1. The molecule has 0 atom stereocenters. The fraction of sp³-hybridized carbons (Fsp3) is 0.375. The van der Waals surface area contributed by atoms with Gasteiger partial charge in [0.15, 0.2) is 0 Å². The minimum atomic E-state index is -0.135. The second-order valence-corrected chi connectivity index (χ2v) is 3.10. The van der Waals surface area contributed by atoms with Crippen molar-refractivity contribution in [2.24, 2.45) is 5.73 Å². The molecular weight excluding hydrogens is 140 g/mol. The lowest BCUT2D eigenvalue weighted by Crippen LogP contribution is -2.20. The average molecular weight is 150 g/mol. The van der Waals surface area contributed by atoms with E-state index in [0.29, 0.717) is 0 Å². The number of pyridine rings is 1. The maximum Gasteiger partial charge on any atom is 0.247 e. The fourth-order valence-electron chi connectivity index (χ4n) is 1.14. The summed E-state index contributed by atoms with van der Waals surface area (Å²) < 4.78 is 0. The van der Waals surface area contributed by atoms with Crippen LogP contribution in [0.15, 0.2) is 23.1 Å². The summed E-state index contributed by atoms with van der Waals surface area (Å²) in [5, 5.41) is 0. The van der Waals surface area contributed by atoms with Gasteiger partial charge in [0.1, 0.15) is 0 Å². The molecule has 1 fully saturated rings. The van der Waals surface area contributed by atoms with Gasteiger partial charge in [-0.1, -0.05) is 6.07 Å². The van der Waals surface area contributed by atoms with Crippen molar-refractivity contribution in [3.63, 3.8) is 0 Å². The van der Waals surface area contributed by atoms with Gasteiger partial charge in [-0.05, 0) is 18.4 Å². The lowest BCUT2D eigenvalue weighted by molar-refractivity contribution is 0.734. The Labute approximate surface area is 64.2 Å². The lowest BCUT2D eigenvalue weighted by Gasteiger charge is -2.06. The molecule has 58 valence electrons. The number of nitrogens with two attached hydrogens (primary N) is 1. The Kier molecular flexibility index (Phi) is 1.17. The third-order valence-electron chi connectivity index (χ3n) is 2.15. The van der Waals surface area contributed by atoms with Crippen molar-refractivity contribution in [2.75, 3.05) is 0 Å². The smallest absolute Gasteiger partial charge is 0.247 e. The summed E-state index contributed by atoms with van der Waals surface area (Å²) in [6, 6.07) is 3.31. The van der Waals surface area contributed by atoms with Gasteiger partial charge in [-0.2, -0.15) is 0 Å². The summed E-state index contributed by atoms with van der Waals surface area (Å²) in [4.78, 5) is 13.3. The summed E-state index contributed by atoms with van der Waals surface area (Å²) in [6.45, 7) is 0. The van der Waals surface area contributed by atoms with Gasteiger partial charge in [0.2, 0.25) is 5.56 Å². The third kappa shape index (κ3) is 1.07. The van der Waals surface area contributed by atoms with Crippen LogP contribution in [-0.2, 0) is 5.54 Å². The van der Waals surface area contributed by atoms with Crippen molar-refractivity contribution >= 4 is 0 Å². The standard InChI is InChI=1S/C8H10N2O/c9-8(3-4-8)6-1-2-7(11)10-5-6/h1-2,5H,3-4,9H2,(H,10,11). The van der Waals surface area contributed by atoms with E-state index in [-0.39, 0.29) is 11.1 Å². The highest BCUT2D eigenvalue weighted by atomic mass is 16.1. The maximum atomic E-state index is 10.7. The van der Waals surface area contributed by atoms with Crippen molar-refractivity contribution < 1.29 is 0 Å². The summed E-state index contributed by atoms with van der Waals surface area (Å²) in [7, 11) is 0. The Morgan fingerprint density at radius 3 is 2.64 bits per heavy atom. The first kappa shape index (κ1) is 6.61. The Bertz CT molecular complexity index is 305. The first-order chi connectivity index (χ1) is 5.21. The number of hydrogen-bond acceptors (Lipinski definition) is 2. The quantitative estimate of drug-likeness (QED) is 0.605. The number of aromatic nitrogens is 1. The first-order valence-corrected chi connectivity index (χ1v) is 3.69. The molecule has 1 aromatic rings. The average Bonchev–Trinajstić information content (AvgIpc) is 2.70. The Balaban J connectivity index is 2.40. The molecule has 0 unspecified atom stereocenters. The molecule has 1 aliphatic rings. The predicted octanol–water partition coefficient (Wildman–Crippen LogP) is 0.323. The van der Waals surface area contributed by atoms with E-state index < -0.39 is 0 Å².